The Bertz CT molecular complexity index is 752. The van der Waals surface area contributed by atoms with Crippen molar-refractivity contribution in [1.82, 2.24) is 0 Å². The van der Waals surface area contributed by atoms with Crippen molar-refractivity contribution < 1.29 is 14.3 Å². The Morgan fingerprint density at radius 1 is 1.18 bits per heavy atom. The van der Waals surface area contributed by atoms with E-state index in [9.17, 15) is 9.59 Å². The zero-order chi connectivity index (χ0) is 15.7. The average molecular weight is 295 g/mol. The van der Waals surface area contributed by atoms with E-state index in [1.807, 2.05) is 25.1 Å². The number of benzene rings is 2. The van der Waals surface area contributed by atoms with Gasteiger partial charge in [0.05, 0.1) is 12.8 Å². The van der Waals surface area contributed by atoms with Crippen LogP contribution in [0.25, 0.3) is 0 Å². The van der Waals surface area contributed by atoms with Gasteiger partial charge in [-0.2, -0.15) is 0 Å². The fourth-order valence-electron chi connectivity index (χ4n) is 2.71. The first kappa shape index (κ1) is 14.3. The van der Waals surface area contributed by atoms with Crippen molar-refractivity contribution in [1.29, 1.82) is 0 Å². The summed E-state index contributed by atoms with van der Waals surface area (Å²) in [5, 5.41) is 0. The average Bonchev–Trinajstić information content (AvgIpc) is 2.54. The van der Waals surface area contributed by atoms with Gasteiger partial charge in [0.1, 0.15) is 5.75 Å². The number of amides is 1. The number of anilines is 1. The molecule has 0 atom stereocenters. The quantitative estimate of drug-likeness (QED) is 0.854. The SMILES string of the molecule is COc1ccc2c(c1)N(C(=O)c1cccc(C)c1)CCC2=O. The van der Waals surface area contributed by atoms with E-state index in [1.54, 1.807) is 36.3 Å². The Labute approximate surface area is 129 Å². The normalized spacial score (nSPS) is 13.7. The molecule has 4 nitrogen and oxygen atoms in total. The number of carbonyl (C=O) groups excluding carboxylic acids is 2. The van der Waals surface area contributed by atoms with Gasteiger partial charge in [-0.15, -0.1) is 0 Å². The number of carbonyl (C=O) groups is 2. The summed E-state index contributed by atoms with van der Waals surface area (Å²) in [6.45, 7) is 2.35. The summed E-state index contributed by atoms with van der Waals surface area (Å²) in [7, 11) is 1.57. The molecule has 0 saturated carbocycles. The fourth-order valence-corrected chi connectivity index (χ4v) is 2.71. The molecule has 1 heterocycles. The molecular formula is C18H17NO3. The highest BCUT2D eigenvalue weighted by Crippen LogP contribution is 2.32. The van der Waals surface area contributed by atoms with Crippen molar-refractivity contribution in [3.05, 3.63) is 59.2 Å². The lowest BCUT2D eigenvalue weighted by Gasteiger charge is -2.29. The molecule has 0 bridgehead atoms. The molecule has 1 amide bonds. The first-order valence-electron chi connectivity index (χ1n) is 7.20. The van der Waals surface area contributed by atoms with Gasteiger partial charge in [-0.05, 0) is 31.2 Å². The van der Waals surface area contributed by atoms with Crippen LogP contribution in [0.3, 0.4) is 0 Å². The monoisotopic (exact) mass is 295 g/mol. The maximum atomic E-state index is 12.8. The molecule has 0 radical (unpaired) electrons. The van der Waals surface area contributed by atoms with Gasteiger partial charge in [0, 0.05) is 30.2 Å². The molecule has 0 spiro atoms. The number of hydrogen-bond acceptors (Lipinski definition) is 3. The number of ether oxygens (including phenoxy) is 1. The predicted molar refractivity (Wildman–Crippen MR) is 84.8 cm³/mol. The Morgan fingerprint density at radius 2 is 2.00 bits per heavy atom. The second-order valence-electron chi connectivity index (χ2n) is 5.38. The maximum Gasteiger partial charge on any atom is 0.258 e. The second kappa shape index (κ2) is 5.64. The van der Waals surface area contributed by atoms with E-state index in [0.29, 0.717) is 35.5 Å². The Kier molecular flexibility index (Phi) is 3.67. The lowest BCUT2D eigenvalue weighted by molar-refractivity contribution is 0.0955. The first-order chi connectivity index (χ1) is 10.6. The number of hydrogen-bond donors (Lipinski definition) is 0. The predicted octanol–water partition coefficient (Wildman–Crippen LogP) is 3.24. The van der Waals surface area contributed by atoms with Crippen LogP contribution < -0.4 is 9.64 Å². The lowest BCUT2D eigenvalue weighted by atomic mass is 9.99. The van der Waals surface area contributed by atoms with Crippen molar-refractivity contribution in [2.24, 2.45) is 0 Å². The number of methoxy groups -OCH3 is 1. The van der Waals surface area contributed by atoms with Crippen molar-refractivity contribution in [2.45, 2.75) is 13.3 Å². The number of ketones is 1. The maximum absolute atomic E-state index is 12.8. The molecule has 0 aromatic heterocycles. The van der Waals surface area contributed by atoms with Crippen LogP contribution in [0.4, 0.5) is 5.69 Å². The molecule has 0 aliphatic carbocycles. The Hall–Kier alpha value is -2.62. The van der Waals surface area contributed by atoms with Crippen LogP contribution >= 0.6 is 0 Å². The third kappa shape index (κ3) is 2.48. The van der Waals surface area contributed by atoms with Crippen LogP contribution in [-0.4, -0.2) is 25.3 Å². The highest BCUT2D eigenvalue weighted by molar-refractivity contribution is 6.13. The van der Waals surface area contributed by atoms with Crippen molar-refractivity contribution in [3.63, 3.8) is 0 Å². The topological polar surface area (TPSA) is 46.6 Å². The molecule has 0 saturated heterocycles. The molecule has 112 valence electrons. The highest BCUT2D eigenvalue weighted by atomic mass is 16.5. The Morgan fingerprint density at radius 3 is 2.73 bits per heavy atom. The van der Waals surface area contributed by atoms with Crippen molar-refractivity contribution in [2.75, 3.05) is 18.6 Å². The molecule has 2 aromatic rings. The van der Waals surface area contributed by atoms with Crippen LogP contribution in [-0.2, 0) is 0 Å². The summed E-state index contributed by atoms with van der Waals surface area (Å²) < 4.78 is 5.22. The largest absolute Gasteiger partial charge is 0.497 e. The van der Waals surface area contributed by atoms with Gasteiger partial charge >= 0.3 is 0 Å². The highest BCUT2D eigenvalue weighted by Gasteiger charge is 2.28. The number of Topliss-reactive ketones (excluding diaryl/α,β-unsaturated/α-hetero) is 1. The number of aryl methyl sites for hydroxylation is 1. The van der Waals surface area contributed by atoms with Gasteiger partial charge < -0.3 is 9.64 Å². The van der Waals surface area contributed by atoms with Crippen LogP contribution in [0.15, 0.2) is 42.5 Å². The molecule has 0 fully saturated rings. The molecule has 2 aromatic carbocycles. The van der Waals surface area contributed by atoms with Crippen LogP contribution in [0.5, 0.6) is 5.75 Å². The van der Waals surface area contributed by atoms with E-state index in [-0.39, 0.29) is 11.7 Å². The van der Waals surface area contributed by atoms with Gasteiger partial charge in [0.2, 0.25) is 0 Å². The van der Waals surface area contributed by atoms with Crippen LogP contribution in [0, 0.1) is 6.92 Å². The van der Waals surface area contributed by atoms with Crippen LogP contribution in [0.1, 0.15) is 32.7 Å². The molecule has 0 N–H and O–H groups in total. The molecule has 1 aliphatic rings. The Balaban J connectivity index is 2.04. The summed E-state index contributed by atoms with van der Waals surface area (Å²) in [4.78, 5) is 26.5. The second-order valence-corrected chi connectivity index (χ2v) is 5.38. The van der Waals surface area contributed by atoms with E-state index in [2.05, 4.69) is 0 Å². The number of nitrogens with zero attached hydrogens (tertiary/aromatic N) is 1. The zero-order valence-electron chi connectivity index (χ0n) is 12.6. The van der Waals surface area contributed by atoms with E-state index in [0.717, 1.165) is 5.56 Å². The molecule has 1 aliphatic heterocycles. The van der Waals surface area contributed by atoms with Gasteiger partial charge in [0.15, 0.2) is 5.78 Å². The van der Waals surface area contributed by atoms with Crippen molar-refractivity contribution in [3.8, 4) is 5.75 Å². The van der Waals surface area contributed by atoms with E-state index in [1.165, 1.54) is 0 Å². The van der Waals surface area contributed by atoms with Crippen molar-refractivity contribution >= 4 is 17.4 Å². The number of rotatable bonds is 2. The molecular weight excluding hydrogens is 278 g/mol. The zero-order valence-corrected chi connectivity index (χ0v) is 12.6. The van der Waals surface area contributed by atoms with Gasteiger partial charge in [-0.1, -0.05) is 17.7 Å². The number of fused-ring (bicyclic) bond motifs is 1. The lowest BCUT2D eigenvalue weighted by Crippen LogP contribution is -2.37. The summed E-state index contributed by atoms with van der Waals surface area (Å²) in [5.41, 5.74) is 2.86. The van der Waals surface area contributed by atoms with Gasteiger partial charge in [-0.25, -0.2) is 0 Å². The van der Waals surface area contributed by atoms with E-state index in [4.69, 9.17) is 4.74 Å². The van der Waals surface area contributed by atoms with E-state index < -0.39 is 0 Å². The molecule has 22 heavy (non-hydrogen) atoms. The minimum atomic E-state index is -0.0919. The van der Waals surface area contributed by atoms with Crippen LogP contribution in [0.2, 0.25) is 0 Å². The summed E-state index contributed by atoms with van der Waals surface area (Å²) >= 11 is 0. The minimum absolute atomic E-state index is 0.0611. The fraction of sp³-hybridized carbons (Fsp3) is 0.222. The standard InChI is InChI=1S/C18H17NO3/c1-12-4-3-5-13(10-12)18(21)19-9-8-17(20)15-7-6-14(22-2)11-16(15)19/h3-7,10-11H,8-9H2,1-2H3. The van der Waals surface area contributed by atoms with Gasteiger partial charge in [0.25, 0.3) is 5.91 Å². The first-order valence-corrected chi connectivity index (χ1v) is 7.20. The third-order valence-corrected chi connectivity index (χ3v) is 3.87. The molecule has 0 unspecified atom stereocenters. The van der Waals surface area contributed by atoms with Gasteiger partial charge in [-0.3, -0.25) is 9.59 Å². The smallest absolute Gasteiger partial charge is 0.258 e. The molecule has 4 heteroatoms. The summed E-state index contributed by atoms with van der Waals surface area (Å²) in [5.74, 6) is 0.604. The third-order valence-electron chi connectivity index (χ3n) is 3.87. The minimum Gasteiger partial charge on any atom is -0.497 e. The summed E-state index contributed by atoms with van der Waals surface area (Å²) in [6, 6.07) is 12.7. The molecule has 3 rings (SSSR count). The van der Waals surface area contributed by atoms with E-state index >= 15 is 0 Å². The summed E-state index contributed by atoms with van der Waals surface area (Å²) in [6.07, 6.45) is 0.344.